The molecule has 8 heteroatoms. The number of carbonyl (C=O) groups excluding carboxylic acids is 2. The molecule has 0 saturated heterocycles. The molecule has 0 heterocycles. The molecule has 1 aromatic rings. The van der Waals surface area contributed by atoms with Crippen molar-refractivity contribution in [1.29, 1.82) is 0 Å². The largest absolute Gasteiger partial charge is 0.480 e. The molecular weight excluding hydrogens is 281 g/mol. The molecular formula is C13H16FN3O4. The van der Waals surface area contributed by atoms with Gasteiger partial charge in [0.25, 0.3) is 0 Å². The number of aliphatic carboxylic acids is 1. The fourth-order valence-corrected chi connectivity index (χ4v) is 1.62. The molecule has 0 spiro atoms. The lowest BCUT2D eigenvalue weighted by Crippen LogP contribution is -2.48. The molecule has 114 valence electrons. The van der Waals surface area contributed by atoms with Crippen molar-refractivity contribution in [1.82, 2.24) is 10.6 Å². The number of halogens is 1. The van der Waals surface area contributed by atoms with E-state index in [9.17, 15) is 18.8 Å². The number of carboxylic acid groups (broad SMARTS) is 1. The number of primary amides is 1. The number of nitrogens with one attached hydrogen (secondary N) is 2. The first-order valence-electron chi connectivity index (χ1n) is 6.19. The van der Waals surface area contributed by atoms with Gasteiger partial charge in [-0.15, -0.1) is 0 Å². The minimum atomic E-state index is -1.39. The van der Waals surface area contributed by atoms with Crippen LogP contribution in [0.4, 0.5) is 9.18 Å². The van der Waals surface area contributed by atoms with Crippen molar-refractivity contribution >= 4 is 17.9 Å². The highest BCUT2D eigenvalue weighted by Gasteiger charge is 2.21. The minimum Gasteiger partial charge on any atom is -0.480 e. The number of benzene rings is 1. The monoisotopic (exact) mass is 297 g/mol. The molecule has 0 aliphatic rings. The van der Waals surface area contributed by atoms with Crippen LogP contribution in [-0.4, -0.2) is 35.6 Å². The van der Waals surface area contributed by atoms with Gasteiger partial charge in [0, 0.05) is 6.54 Å². The van der Waals surface area contributed by atoms with E-state index in [1.165, 1.54) is 6.07 Å². The van der Waals surface area contributed by atoms with E-state index < -0.39 is 30.4 Å². The quantitative estimate of drug-likeness (QED) is 0.565. The Morgan fingerprint density at radius 1 is 1.29 bits per heavy atom. The lowest BCUT2D eigenvalue weighted by Gasteiger charge is -2.13. The summed E-state index contributed by atoms with van der Waals surface area (Å²) in [7, 11) is 0. The Labute approximate surface area is 120 Å². The van der Waals surface area contributed by atoms with Crippen LogP contribution in [0.25, 0.3) is 0 Å². The van der Waals surface area contributed by atoms with Crippen molar-refractivity contribution in [2.24, 2.45) is 5.73 Å². The molecule has 7 nitrogen and oxygen atoms in total. The molecule has 1 rings (SSSR count). The van der Waals surface area contributed by atoms with Crippen LogP contribution in [-0.2, 0) is 16.0 Å². The molecule has 0 aliphatic heterocycles. The van der Waals surface area contributed by atoms with Gasteiger partial charge in [-0.05, 0) is 18.1 Å². The molecule has 3 amide bonds. The maximum Gasteiger partial charge on any atom is 0.326 e. The number of nitrogens with two attached hydrogens (primary N) is 1. The zero-order valence-electron chi connectivity index (χ0n) is 11.1. The topological polar surface area (TPSA) is 122 Å². The van der Waals surface area contributed by atoms with Crippen molar-refractivity contribution in [3.63, 3.8) is 0 Å². The Morgan fingerprint density at radius 3 is 2.52 bits per heavy atom. The van der Waals surface area contributed by atoms with Gasteiger partial charge in [-0.1, -0.05) is 18.2 Å². The van der Waals surface area contributed by atoms with Crippen LogP contribution in [0.3, 0.4) is 0 Å². The predicted octanol–water partition coefficient (Wildman–Crippen LogP) is -0.00400. The second kappa shape index (κ2) is 7.83. The van der Waals surface area contributed by atoms with Crippen LogP contribution in [0.5, 0.6) is 0 Å². The van der Waals surface area contributed by atoms with Crippen molar-refractivity contribution < 1.29 is 23.9 Å². The molecule has 21 heavy (non-hydrogen) atoms. The molecule has 1 aromatic carbocycles. The zero-order chi connectivity index (χ0) is 15.8. The third-order valence-corrected chi connectivity index (χ3v) is 2.65. The first kappa shape index (κ1) is 16.4. The van der Waals surface area contributed by atoms with Crippen LogP contribution >= 0.6 is 0 Å². The van der Waals surface area contributed by atoms with E-state index in [4.69, 9.17) is 10.8 Å². The summed E-state index contributed by atoms with van der Waals surface area (Å²) in [5, 5.41) is 13.3. The molecule has 0 fully saturated rings. The van der Waals surface area contributed by atoms with Crippen LogP contribution < -0.4 is 16.4 Å². The SMILES string of the molecule is NC(=O)CC(NC(=O)NCCc1ccccc1F)C(=O)O. The van der Waals surface area contributed by atoms with Crippen molar-refractivity contribution in [2.45, 2.75) is 18.9 Å². The van der Waals surface area contributed by atoms with Gasteiger partial charge >= 0.3 is 12.0 Å². The predicted molar refractivity (Wildman–Crippen MR) is 71.9 cm³/mol. The summed E-state index contributed by atoms with van der Waals surface area (Å²) in [5.74, 6) is -2.58. The molecule has 0 saturated carbocycles. The second-order valence-corrected chi connectivity index (χ2v) is 4.30. The smallest absolute Gasteiger partial charge is 0.326 e. The highest BCUT2D eigenvalue weighted by Crippen LogP contribution is 2.06. The van der Waals surface area contributed by atoms with Gasteiger partial charge in [0.05, 0.1) is 6.42 Å². The van der Waals surface area contributed by atoms with Gasteiger partial charge in [-0.25, -0.2) is 14.0 Å². The number of carboxylic acids is 1. The van der Waals surface area contributed by atoms with E-state index in [0.29, 0.717) is 5.56 Å². The van der Waals surface area contributed by atoms with Crippen molar-refractivity contribution in [3.8, 4) is 0 Å². The molecule has 0 aliphatic carbocycles. The van der Waals surface area contributed by atoms with Gasteiger partial charge in [0.15, 0.2) is 0 Å². The maximum atomic E-state index is 13.3. The third-order valence-electron chi connectivity index (χ3n) is 2.65. The lowest BCUT2D eigenvalue weighted by molar-refractivity contribution is -0.140. The number of urea groups is 1. The summed E-state index contributed by atoms with van der Waals surface area (Å²) in [6, 6.07) is 3.97. The van der Waals surface area contributed by atoms with Crippen LogP contribution in [0, 0.1) is 5.82 Å². The first-order chi connectivity index (χ1) is 9.90. The average Bonchev–Trinajstić information content (AvgIpc) is 2.39. The fraction of sp³-hybridized carbons (Fsp3) is 0.308. The van der Waals surface area contributed by atoms with E-state index in [1.54, 1.807) is 18.2 Å². The minimum absolute atomic E-state index is 0.121. The molecule has 1 unspecified atom stereocenters. The van der Waals surface area contributed by atoms with E-state index in [1.807, 2.05) is 0 Å². The van der Waals surface area contributed by atoms with E-state index in [-0.39, 0.29) is 18.8 Å². The maximum absolute atomic E-state index is 13.3. The van der Waals surface area contributed by atoms with Gasteiger partial charge in [-0.2, -0.15) is 0 Å². The van der Waals surface area contributed by atoms with Gasteiger partial charge < -0.3 is 21.5 Å². The summed E-state index contributed by atoms with van der Waals surface area (Å²) in [4.78, 5) is 33.0. The third kappa shape index (κ3) is 5.89. The van der Waals surface area contributed by atoms with E-state index in [2.05, 4.69) is 10.6 Å². The van der Waals surface area contributed by atoms with Crippen LogP contribution in [0.15, 0.2) is 24.3 Å². The highest BCUT2D eigenvalue weighted by molar-refractivity contribution is 5.87. The van der Waals surface area contributed by atoms with Crippen molar-refractivity contribution in [3.05, 3.63) is 35.6 Å². The number of hydrogen-bond acceptors (Lipinski definition) is 3. The number of hydrogen-bond donors (Lipinski definition) is 4. The molecule has 5 N–H and O–H groups in total. The van der Waals surface area contributed by atoms with Gasteiger partial charge in [-0.3, -0.25) is 4.79 Å². The molecule has 0 bridgehead atoms. The number of carbonyl (C=O) groups is 3. The summed E-state index contributed by atoms with van der Waals surface area (Å²) >= 11 is 0. The summed E-state index contributed by atoms with van der Waals surface area (Å²) < 4.78 is 13.3. The molecule has 0 aromatic heterocycles. The van der Waals surface area contributed by atoms with E-state index in [0.717, 1.165) is 0 Å². The van der Waals surface area contributed by atoms with E-state index >= 15 is 0 Å². The van der Waals surface area contributed by atoms with Crippen LogP contribution in [0.2, 0.25) is 0 Å². The normalized spacial score (nSPS) is 11.5. The summed E-state index contributed by atoms with van der Waals surface area (Å²) in [6.07, 6.45) is -0.246. The first-order valence-corrected chi connectivity index (χ1v) is 6.19. The Bertz CT molecular complexity index is 536. The van der Waals surface area contributed by atoms with Crippen molar-refractivity contribution in [2.75, 3.05) is 6.54 Å². The summed E-state index contributed by atoms with van der Waals surface area (Å²) in [6.45, 7) is 0.121. The fourth-order valence-electron chi connectivity index (χ4n) is 1.62. The zero-order valence-corrected chi connectivity index (χ0v) is 11.1. The van der Waals surface area contributed by atoms with Gasteiger partial charge in [0.2, 0.25) is 5.91 Å². The standard InChI is InChI=1S/C13H16FN3O4/c14-9-4-2-1-3-8(9)5-6-16-13(21)17-10(12(19)20)7-11(15)18/h1-4,10H,5-7H2,(H2,15,18)(H,19,20)(H2,16,17,21). The molecule has 0 radical (unpaired) electrons. The summed E-state index contributed by atoms with van der Waals surface area (Å²) in [5.41, 5.74) is 5.32. The number of amides is 3. The number of rotatable bonds is 7. The van der Waals surface area contributed by atoms with Crippen LogP contribution in [0.1, 0.15) is 12.0 Å². The Kier molecular flexibility index (Phi) is 6.12. The Morgan fingerprint density at radius 2 is 1.95 bits per heavy atom. The Balaban J connectivity index is 2.41. The second-order valence-electron chi connectivity index (χ2n) is 4.30. The molecule has 1 atom stereocenters. The highest BCUT2D eigenvalue weighted by atomic mass is 19.1. The van der Waals surface area contributed by atoms with Gasteiger partial charge in [0.1, 0.15) is 11.9 Å². The lowest BCUT2D eigenvalue weighted by atomic mass is 10.1. The average molecular weight is 297 g/mol. The Hall–Kier alpha value is -2.64.